The summed E-state index contributed by atoms with van der Waals surface area (Å²) in [6.45, 7) is 1.91. The fourth-order valence-electron chi connectivity index (χ4n) is 2.49. The van der Waals surface area contributed by atoms with Crippen molar-refractivity contribution in [3.63, 3.8) is 0 Å². The SMILES string of the molecule is Cc1nn(C)c(SCC2CCCC2)c1C(=N)N. The molecule has 2 rings (SSSR count). The van der Waals surface area contributed by atoms with E-state index in [-0.39, 0.29) is 5.84 Å². The van der Waals surface area contributed by atoms with E-state index in [0.717, 1.165) is 28.0 Å². The smallest absolute Gasteiger partial charge is 0.127 e. The van der Waals surface area contributed by atoms with Crippen LogP contribution in [0, 0.1) is 18.3 Å². The number of nitrogen functional groups attached to an aromatic ring is 1. The Kier molecular flexibility index (Phi) is 3.76. The molecule has 0 bridgehead atoms. The largest absolute Gasteiger partial charge is 0.384 e. The lowest BCUT2D eigenvalue weighted by molar-refractivity contribution is 0.620. The molecule has 0 radical (unpaired) electrons. The second kappa shape index (κ2) is 5.12. The number of rotatable bonds is 4. The summed E-state index contributed by atoms with van der Waals surface area (Å²) >= 11 is 1.80. The number of nitrogens with two attached hydrogens (primary N) is 1. The van der Waals surface area contributed by atoms with Crippen molar-refractivity contribution >= 4 is 17.6 Å². The number of aromatic nitrogens is 2. The van der Waals surface area contributed by atoms with E-state index in [1.54, 1.807) is 11.8 Å². The Morgan fingerprint density at radius 2 is 2.18 bits per heavy atom. The average Bonchev–Trinajstić information content (AvgIpc) is 2.83. The van der Waals surface area contributed by atoms with Gasteiger partial charge in [0.1, 0.15) is 10.9 Å². The van der Waals surface area contributed by atoms with Crippen LogP contribution >= 0.6 is 11.8 Å². The molecule has 94 valence electrons. The van der Waals surface area contributed by atoms with Gasteiger partial charge < -0.3 is 5.73 Å². The van der Waals surface area contributed by atoms with E-state index in [9.17, 15) is 0 Å². The molecule has 0 amide bonds. The molecule has 0 spiro atoms. The van der Waals surface area contributed by atoms with E-state index >= 15 is 0 Å². The molecule has 0 saturated heterocycles. The summed E-state index contributed by atoms with van der Waals surface area (Å²) in [5.41, 5.74) is 7.30. The molecule has 0 aromatic carbocycles. The Morgan fingerprint density at radius 1 is 1.53 bits per heavy atom. The number of hydrogen-bond donors (Lipinski definition) is 2. The van der Waals surface area contributed by atoms with E-state index < -0.39 is 0 Å². The van der Waals surface area contributed by atoms with E-state index in [2.05, 4.69) is 5.10 Å². The van der Waals surface area contributed by atoms with Gasteiger partial charge >= 0.3 is 0 Å². The molecule has 1 heterocycles. The molecule has 3 N–H and O–H groups in total. The van der Waals surface area contributed by atoms with Crippen molar-refractivity contribution in [2.45, 2.75) is 37.6 Å². The minimum absolute atomic E-state index is 0.129. The predicted octanol–water partition coefficient (Wildman–Crippen LogP) is 2.29. The number of aryl methyl sites for hydroxylation is 2. The summed E-state index contributed by atoms with van der Waals surface area (Å²) in [7, 11) is 1.93. The van der Waals surface area contributed by atoms with E-state index in [1.807, 2.05) is 18.7 Å². The molecule has 1 saturated carbocycles. The molecule has 1 fully saturated rings. The van der Waals surface area contributed by atoms with Crippen molar-refractivity contribution in [2.24, 2.45) is 18.7 Å². The normalized spacial score (nSPS) is 16.6. The van der Waals surface area contributed by atoms with Crippen LogP contribution in [0.3, 0.4) is 0 Å². The van der Waals surface area contributed by atoms with Crippen molar-refractivity contribution in [1.29, 1.82) is 5.41 Å². The average molecular weight is 252 g/mol. The van der Waals surface area contributed by atoms with Gasteiger partial charge in [0, 0.05) is 12.8 Å². The maximum absolute atomic E-state index is 7.63. The van der Waals surface area contributed by atoms with Crippen LogP contribution in [0.2, 0.25) is 0 Å². The second-order valence-electron chi connectivity index (χ2n) is 4.76. The molecule has 0 atom stereocenters. The quantitative estimate of drug-likeness (QED) is 0.491. The Morgan fingerprint density at radius 3 is 2.76 bits per heavy atom. The summed E-state index contributed by atoms with van der Waals surface area (Å²) in [5, 5.41) is 13.0. The van der Waals surface area contributed by atoms with E-state index in [1.165, 1.54) is 25.7 Å². The van der Waals surface area contributed by atoms with Crippen molar-refractivity contribution < 1.29 is 0 Å². The van der Waals surface area contributed by atoms with Gasteiger partial charge in [-0.3, -0.25) is 10.1 Å². The molecular formula is C12H20N4S. The van der Waals surface area contributed by atoms with Crippen molar-refractivity contribution in [3.8, 4) is 0 Å². The lowest BCUT2D eigenvalue weighted by Gasteiger charge is -2.09. The molecule has 1 aliphatic carbocycles. The molecule has 1 aromatic rings. The summed E-state index contributed by atoms with van der Waals surface area (Å²) in [5.74, 6) is 2.08. The van der Waals surface area contributed by atoms with Crippen LogP contribution in [0.15, 0.2) is 5.03 Å². The number of nitrogens with zero attached hydrogens (tertiary/aromatic N) is 2. The zero-order chi connectivity index (χ0) is 12.4. The van der Waals surface area contributed by atoms with Gasteiger partial charge in [0.2, 0.25) is 0 Å². The highest BCUT2D eigenvalue weighted by atomic mass is 32.2. The highest BCUT2D eigenvalue weighted by Gasteiger charge is 2.20. The lowest BCUT2D eigenvalue weighted by atomic mass is 10.1. The van der Waals surface area contributed by atoms with Gasteiger partial charge in [-0.05, 0) is 25.7 Å². The first-order valence-electron chi connectivity index (χ1n) is 6.10. The number of nitrogens with one attached hydrogen (secondary N) is 1. The third kappa shape index (κ3) is 2.65. The minimum Gasteiger partial charge on any atom is -0.384 e. The highest BCUT2D eigenvalue weighted by Crippen LogP contribution is 2.32. The fourth-order valence-corrected chi connectivity index (χ4v) is 3.84. The van der Waals surface area contributed by atoms with Gasteiger partial charge in [-0.15, -0.1) is 11.8 Å². The summed E-state index contributed by atoms with van der Waals surface area (Å²) in [6, 6.07) is 0. The van der Waals surface area contributed by atoms with Crippen LogP contribution in [-0.4, -0.2) is 21.4 Å². The molecule has 1 aromatic heterocycles. The first kappa shape index (κ1) is 12.5. The number of amidine groups is 1. The molecule has 17 heavy (non-hydrogen) atoms. The molecule has 4 nitrogen and oxygen atoms in total. The maximum Gasteiger partial charge on any atom is 0.127 e. The Balaban J connectivity index is 2.11. The molecular weight excluding hydrogens is 232 g/mol. The van der Waals surface area contributed by atoms with Crippen molar-refractivity contribution in [1.82, 2.24) is 9.78 Å². The van der Waals surface area contributed by atoms with Gasteiger partial charge in [0.25, 0.3) is 0 Å². The topological polar surface area (TPSA) is 67.7 Å². The molecule has 5 heteroatoms. The first-order chi connectivity index (χ1) is 8.09. The zero-order valence-corrected chi connectivity index (χ0v) is 11.3. The van der Waals surface area contributed by atoms with Crippen LogP contribution in [0.5, 0.6) is 0 Å². The van der Waals surface area contributed by atoms with Gasteiger partial charge in [-0.1, -0.05) is 12.8 Å². The zero-order valence-electron chi connectivity index (χ0n) is 10.5. The monoisotopic (exact) mass is 252 g/mol. The molecule has 1 aliphatic rings. The summed E-state index contributed by atoms with van der Waals surface area (Å²) in [6.07, 6.45) is 5.43. The van der Waals surface area contributed by atoms with Crippen molar-refractivity contribution in [3.05, 3.63) is 11.3 Å². The minimum atomic E-state index is 0.129. The van der Waals surface area contributed by atoms with Gasteiger partial charge in [0.05, 0.1) is 11.3 Å². The standard InChI is InChI=1S/C12H20N4S/c1-8-10(11(13)14)12(16(2)15-8)17-7-9-5-3-4-6-9/h9H,3-7H2,1-2H3,(H3,13,14). The van der Waals surface area contributed by atoms with Gasteiger partial charge in [0.15, 0.2) is 0 Å². The van der Waals surface area contributed by atoms with E-state index in [0.29, 0.717) is 0 Å². The lowest BCUT2D eigenvalue weighted by Crippen LogP contribution is -2.13. The van der Waals surface area contributed by atoms with Crippen LogP contribution in [0.1, 0.15) is 36.9 Å². The van der Waals surface area contributed by atoms with Crippen LogP contribution in [0.25, 0.3) is 0 Å². The molecule has 0 aliphatic heterocycles. The highest BCUT2D eigenvalue weighted by molar-refractivity contribution is 7.99. The van der Waals surface area contributed by atoms with Gasteiger partial charge in [-0.25, -0.2) is 0 Å². The third-order valence-electron chi connectivity index (χ3n) is 3.37. The third-order valence-corrected chi connectivity index (χ3v) is 4.75. The summed E-state index contributed by atoms with van der Waals surface area (Å²) < 4.78 is 1.85. The first-order valence-corrected chi connectivity index (χ1v) is 7.09. The Hall–Kier alpha value is -0.970. The Labute approximate surface area is 106 Å². The predicted molar refractivity (Wildman–Crippen MR) is 71.6 cm³/mol. The number of hydrogen-bond acceptors (Lipinski definition) is 3. The molecule has 0 unspecified atom stereocenters. The van der Waals surface area contributed by atoms with Crippen LogP contribution in [0.4, 0.5) is 0 Å². The van der Waals surface area contributed by atoms with Crippen molar-refractivity contribution in [2.75, 3.05) is 5.75 Å². The fraction of sp³-hybridized carbons (Fsp3) is 0.667. The second-order valence-corrected chi connectivity index (χ2v) is 5.77. The Bertz CT molecular complexity index is 418. The van der Waals surface area contributed by atoms with Crippen LogP contribution < -0.4 is 5.73 Å². The summed E-state index contributed by atoms with van der Waals surface area (Å²) in [4.78, 5) is 0. The van der Waals surface area contributed by atoms with Crippen LogP contribution in [-0.2, 0) is 7.05 Å². The van der Waals surface area contributed by atoms with Gasteiger partial charge in [-0.2, -0.15) is 5.10 Å². The van der Waals surface area contributed by atoms with E-state index in [4.69, 9.17) is 11.1 Å². The maximum atomic E-state index is 7.63. The number of thioether (sulfide) groups is 1.